The molecule has 19 heavy (non-hydrogen) atoms. The molecule has 0 aliphatic rings. The first-order chi connectivity index (χ1) is 8.97. The van der Waals surface area contributed by atoms with Gasteiger partial charge in [-0.05, 0) is 36.2 Å². The number of benzene rings is 2. The minimum atomic E-state index is -0.0311. The van der Waals surface area contributed by atoms with E-state index in [0.717, 1.165) is 11.1 Å². The van der Waals surface area contributed by atoms with Crippen LogP contribution in [0.2, 0.25) is 0 Å². The fraction of sp³-hybridized carbons (Fsp3) is 0.0588. The van der Waals surface area contributed by atoms with Crippen LogP contribution in [-0.4, -0.2) is 10.2 Å². The van der Waals surface area contributed by atoms with E-state index >= 15 is 0 Å². The lowest BCUT2D eigenvalue weighted by Gasteiger charge is -2.09. The van der Waals surface area contributed by atoms with Crippen LogP contribution < -0.4 is 0 Å². The van der Waals surface area contributed by atoms with E-state index in [1.165, 1.54) is 5.56 Å². The van der Waals surface area contributed by atoms with Gasteiger partial charge in [-0.15, -0.1) is 0 Å². The molecule has 0 aliphatic carbocycles. The first-order valence-electron chi connectivity index (χ1n) is 5.96. The van der Waals surface area contributed by atoms with E-state index < -0.39 is 0 Å². The van der Waals surface area contributed by atoms with Crippen molar-refractivity contribution in [3.8, 4) is 11.1 Å². The van der Waals surface area contributed by atoms with Crippen molar-refractivity contribution < 1.29 is 10.2 Å². The van der Waals surface area contributed by atoms with Crippen LogP contribution in [0.25, 0.3) is 22.6 Å². The van der Waals surface area contributed by atoms with Crippen molar-refractivity contribution in [3.63, 3.8) is 0 Å². The normalized spacial score (nSPS) is 10.2. The van der Waals surface area contributed by atoms with E-state index in [4.69, 9.17) is 0 Å². The van der Waals surface area contributed by atoms with Crippen LogP contribution in [0.4, 0.5) is 0 Å². The van der Waals surface area contributed by atoms with E-state index in [0.29, 0.717) is 11.1 Å². The molecule has 2 nitrogen and oxygen atoms in total. The molecule has 0 saturated carbocycles. The zero-order valence-electron chi connectivity index (χ0n) is 10.9. The molecule has 2 rings (SSSR count). The van der Waals surface area contributed by atoms with Gasteiger partial charge >= 0.3 is 0 Å². The van der Waals surface area contributed by atoms with Crippen LogP contribution in [0.5, 0.6) is 0 Å². The molecule has 2 aromatic carbocycles. The van der Waals surface area contributed by atoms with Gasteiger partial charge in [0.2, 0.25) is 0 Å². The Kier molecular flexibility index (Phi) is 3.43. The van der Waals surface area contributed by atoms with Crippen molar-refractivity contribution in [1.82, 2.24) is 0 Å². The van der Waals surface area contributed by atoms with Gasteiger partial charge in [-0.3, -0.25) is 0 Å². The highest BCUT2D eigenvalue weighted by molar-refractivity contribution is 5.74. The zero-order valence-corrected chi connectivity index (χ0v) is 10.9. The Morgan fingerprint density at radius 2 is 1.26 bits per heavy atom. The van der Waals surface area contributed by atoms with Crippen molar-refractivity contribution in [2.24, 2.45) is 0 Å². The number of aliphatic hydroxyl groups excluding tert-OH is 2. The zero-order chi connectivity index (χ0) is 14.0. The van der Waals surface area contributed by atoms with Crippen molar-refractivity contribution in [2.75, 3.05) is 0 Å². The van der Waals surface area contributed by atoms with Gasteiger partial charge < -0.3 is 10.2 Å². The number of aliphatic hydroxyl groups is 2. The summed E-state index contributed by atoms with van der Waals surface area (Å²) in [7, 11) is 0. The molecule has 0 unspecified atom stereocenters. The molecule has 2 N–H and O–H groups in total. The van der Waals surface area contributed by atoms with E-state index in [-0.39, 0.29) is 11.5 Å². The number of aryl methyl sites for hydroxylation is 1. The van der Waals surface area contributed by atoms with Gasteiger partial charge in [-0.25, -0.2) is 0 Å². The average molecular weight is 252 g/mol. The van der Waals surface area contributed by atoms with Gasteiger partial charge in [0.1, 0.15) is 11.5 Å². The third-order valence-corrected chi connectivity index (χ3v) is 2.98. The van der Waals surface area contributed by atoms with Gasteiger partial charge in [-0.2, -0.15) is 0 Å². The predicted molar refractivity (Wildman–Crippen MR) is 79.9 cm³/mol. The van der Waals surface area contributed by atoms with E-state index in [1.807, 2.05) is 43.3 Å². The maximum absolute atomic E-state index is 9.54. The third-order valence-electron chi connectivity index (χ3n) is 2.98. The van der Waals surface area contributed by atoms with E-state index in [2.05, 4.69) is 13.2 Å². The summed E-state index contributed by atoms with van der Waals surface area (Å²) in [6.07, 6.45) is 0. The van der Waals surface area contributed by atoms with Crippen molar-refractivity contribution in [2.45, 2.75) is 6.92 Å². The van der Waals surface area contributed by atoms with Crippen LogP contribution in [0, 0.1) is 6.92 Å². The Morgan fingerprint density at radius 1 is 0.789 bits per heavy atom. The Labute approximate surface area is 113 Å². The van der Waals surface area contributed by atoms with Crippen LogP contribution >= 0.6 is 0 Å². The van der Waals surface area contributed by atoms with Crippen LogP contribution in [-0.2, 0) is 0 Å². The summed E-state index contributed by atoms with van der Waals surface area (Å²) in [4.78, 5) is 0. The Hall–Kier alpha value is -2.48. The smallest absolute Gasteiger partial charge is 0.115 e. The monoisotopic (exact) mass is 252 g/mol. The molecule has 0 bridgehead atoms. The molecule has 0 fully saturated rings. The van der Waals surface area contributed by atoms with Crippen molar-refractivity contribution in [3.05, 3.63) is 72.3 Å². The minimum Gasteiger partial charge on any atom is -0.508 e. The second kappa shape index (κ2) is 5.02. The number of rotatable bonds is 3. The number of hydrogen-bond donors (Lipinski definition) is 2. The van der Waals surface area contributed by atoms with Gasteiger partial charge in [0.15, 0.2) is 0 Å². The Balaban J connectivity index is 2.59. The quantitative estimate of drug-likeness (QED) is 0.776. The Bertz CT molecular complexity index is 605. The Morgan fingerprint density at radius 3 is 1.68 bits per heavy atom. The summed E-state index contributed by atoms with van der Waals surface area (Å²) in [6, 6.07) is 13.4. The van der Waals surface area contributed by atoms with Crippen molar-refractivity contribution >= 4 is 11.5 Å². The largest absolute Gasteiger partial charge is 0.508 e. The van der Waals surface area contributed by atoms with E-state index in [1.54, 1.807) is 6.07 Å². The second-order valence-electron chi connectivity index (χ2n) is 4.56. The number of hydrogen-bond acceptors (Lipinski definition) is 2. The molecule has 2 heteroatoms. The van der Waals surface area contributed by atoms with Gasteiger partial charge in [0.05, 0.1) is 0 Å². The lowest BCUT2D eigenvalue weighted by molar-refractivity contribution is 0.511. The molecule has 0 saturated heterocycles. The molecule has 0 aromatic heterocycles. The SMILES string of the molecule is C=C(O)c1cc(C(=C)O)cc(-c2ccc(C)cc2)c1. The fourth-order valence-corrected chi connectivity index (χ4v) is 1.87. The van der Waals surface area contributed by atoms with Gasteiger partial charge in [0.25, 0.3) is 0 Å². The second-order valence-corrected chi connectivity index (χ2v) is 4.56. The lowest BCUT2D eigenvalue weighted by atomic mass is 9.98. The minimum absolute atomic E-state index is 0.0311. The molecular formula is C17H16O2. The van der Waals surface area contributed by atoms with Gasteiger partial charge in [-0.1, -0.05) is 43.0 Å². The lowest BCUT2D eigenvalue weighted by Crippen LogP contribution is -1.90. The maximum Gasteiger partial charge on any atom is 0.115 e. The fourth-order valence-electron chi connectivity index (χ4n) is 1.87. The molecule has 2 aromatic rings. The molecule has 96 valence electrons. The maximum atomic E-state index is 9.54. The van der Waals surface area contributed by atoms with Crippen molar-refractivity contribution in [1.29, 1.82) is 0 Å². The highest BCUT2D eigenvalue weighted by atomic mass is 16.3. The summed E-state index contributed by atoms with van der Waals surface area (Å²) in [5.41, 5.74) is 4.24. The van der Waals surface area contributed by atoms with Crippen LogP contribution in [0.15, 0.2) is 55.6 Å². The average Bonchev–Trinajstić information content (AvgIpc) is 2.39. The topological polar surface area (TPSA) is 40.5 Å². The standard InChI is InChI=1S/C17H16O2/c1-11-4-6-14(7-5-11)17-9-15(12(2)18)8-16(10-17)13(3)19/h4-10,18-19H,2-3H2,1H3. The molecule has 0 atom stereocenters. The molecule has 0 radical (unpaired) electrons. The summed E-state index contributed by atoms with van der Waals surface area (Å²) in [5, 5.41) is 19.1. The molecule has 0 amide bonds. The molecule has 0 heterocycles. The summed E-state index contributed by atoms with van der Waals surface area (Å²) >= 11 is 0. The summed E-state index contributed by atoms with van der Waals surface area (Å²) in [5.74, 6) is -0.0621. The first kappa shape index (κ1) is 13.0. The molecular weight excluding hydrogens is 236 g/mol. The molecule has 0 aliphatic heterocycles. The third kappa shape index (κ3) is 2.86. The summed E-state index contributed by atoms with van der Waals surface area (Å²) < 4.78 is 0. The van der Waals surface area contributed by atoms with Crippen LogP contribution in [0.1, 0.15) is 16.7 Å². The van der Waals surface area contributed by atoms with Gasteiger partial charge in [0, 0.05) is 11.1 Å². The predicted octanol–water partition coefficient (Wildman–Crippen LogP) is 4.72. The van der Waals surface area contributed by atoms with E-state index in [9.17, 15) is 10.2 Å². The van der Waals surface area contributed by atoms with Crippen LogP contribution in [0.3, 0.4) is 0 Å². The first-order valence-corrected chi connectivity index (χ1v) is 5.96. The highest BCUT2D eigenvalue weighted by Crippen LogP contribution is 2.27. The molecule has 0 spiro atoms. The summed E-state index contributed by atoms with van der Waals surface area (Å²) in [6.45, 7) is 9.06. The highest BCUT2D eigenvalue weighted by Gasteiger charge is 2.07.